The zero-order chi connectivity index (χ0) is 19.4. The predicted molar refractivity (Wildman–Crippen MR) is 107 cm³/mol. The van der Waals surface area contributed by atoms with E-state index in [-0.39, 0.29) is 11.9 Å². The monoisotopic (exact) mass is 363 g/mol. The Morgan fingerprint density at radius 3 is 2.11 bits per heavy atom. The first kappa shape index (κ1) is 18.9. The Balaban J connectivity index is 1.66. The van der Waals surface area contributed by atoms with Gasteiger partial charge in [-0.2, -0.15) is 0 Å². The third-order valence-electron chi connectivity index (χ3n) is 4.41. The maximum atomic E-state index is 12.5. The molecule has 0 saturated carbocycles. The van der Waals surface area contributed by atoms with E-state index in [1.54, 1.807) is 4.90 Å². The summed E-state index contributed by atoms with van der Waals surface area (Å²) in [5, 5.41) is 0. The van der Waals surface area contributed by atoms with Gasteiger partial charge in [-0.15, -0.1) is 0 Å². The van der Waals surface area contributed by atoms with Crippen LogP contribution in [0.5, 0.6) is 0 Å². The van der Waals surface area contributed by atoms with Gasteiger partial charge in [0.05, 0.1) is 0 Å². The highest BCUT2D eigenvalue weighted by molar-refractivity contribution is 6.09. The van der Waals surface area contributed by atoms with Crippen LogP contribution in [-0.4, -0.2) is 35.5 Å². The maximum absolute atomic E-state index is 12.5. The van der Waals surface area contributed by atoms with Gasteiger partial charge in [-0.05, 0) is 38.3 Å². The van der Waals surface area contributed by atoms with Crippen molar-refractivity contribution in [2.24, 2.45) is 0 Å². The molecule has 0 N–H and O–H groups in total. The molecule has 1 aliphatic heterocycles. The predicted octanol–water partition coefficient (Wildman–Crippen LogP) is 4.94. The van der Waals surface area contributed by atoms with Gasteiger partial charge < -0.3 is 9.64 Å². The van der Waals surface area contributed by atoms with Crippen LogP contribution in [0, 0.1) is 0 Å². The van der Waals surface area contributed by atoms with E-state index in [0.717, 1.165) is 12.0 Å². The number of rotatable bonds is 3. The van der Waals surface area contributed by atoms with Crippen molar-refractivity contribution in [1.82, 2.24) is 4.90 Å². The highest BCUT2D eigenvalue weighted by Crippen LogP contribution is 2.24. The fraction of sp³-hybridized carbons (Fsp3) is 0.304. The van der Waals surface area contributed by atoms with Crippen molar-refractivity contribution in [3.8, 4) is 0 Å². The summed E-state index contributed by atoms with van der Waals surface area (Å²) in [6.45, 7) is 6.78. The van der Waals surface area contributed by atoms with Gasteiger partial charge in [-0.3, -0.25) is 4.79 Å². The fourth-order valence-corrected chi connectivity index (χ4v) is 3.02. The number of ketones is 1. The van der Waals surface area contributed by atoms with Gasteiger partial charge in [0.1, 0.15) is 5.60 Å². The Labute approximate surface area is 160 Å². The molecule has 2 aromatic rings. The topological polar surface area (TPSA) is 46.6 Å². The summed E-state index contributed by atoms with van der Waals surface area (Å²) in [7, 11) is 0. The highest BCUT2D eigenvalue weighted by Gasteiger charge is 2.23. The van der Waals surface area contributed by atoms with Crippen LogP contribution in [0.25, 0.3) is 5.57 Å². The number of amides is 1. The van der Waals surface area contributed by atoms with E-state index in [9.17, 15) is 9.59 Å². The quantitative estimate of drug-likeness (QED) is 0.726. The molecule has 0 bridgehead atoms. The van der Waals surface area contributed by atoms with Crippen molar-refractivity contribution in [2.45, 2.75) is 32.8 Å². The van der Waals surface area contributed by atoms with Crippen LogP contribution in [0.3, 0.4) is 0 Å². The van der Waals surface area contributed by atoms with Crippen molar-refractivity contribution in [2.75, 3.05) is 13.1 Å². The second-order valence-corrected chi connectivity index (χ2v) is 7.68. The Kier molecular flexibility index (Phi) is 5.45. The van der Waals surface area contributed by atoms with Crippen LogP contribution in [0.1, 0.15) is 48.7 Å². The molecule has 0 radical (unpaired) electrons. The van der Waals surface area contributed by atoms with Crippen molar-refractivity contribution in [3.05, 3.63) is 77.4 Å². The van der Waals surface area contributed by atoms with E-state index in [0.29, 0.717) is 24.2 Å². The number of ether oxygens (including phenoxy) is 1. The second kappa shape index (κ2) is 7.78. The van der Waals surface area contributed by atoms with Crippen LogP contribution < -0.4 is 0 Å². The van der Waals surface area contributed by atoms with Gasteiger partial charge in [0.15, 0.2) is 5.78 Å². The summed E-state index contributed by atoms with van der Waals surface area (Å²) in [6.07, 6.45) is 2.55. The number of hydrogen-bond donors (Lipinski definition) is 0. The zero-order valence-corrected chi connectivity index (χ0v) is 16.1. The molecule has 4 nitrogen and oxygen atoms in total. The molecule has 2 aromatic carbocycles. The number of benzene rings is 2. The van der Waals surface area contributed by atoms with Gasteiger partial charge in [-0.25, -0.2) is 4.79 Å². The van der Waals surface area contributed by atoms with Crippen LogP contribution in [0.2, 0.25) is 0 Å². The minimum absolute atomic E-state index is 0.0240. The normalized spacial score (nSPS) is 14.5. The lowest BCUT2D eigenvalue weighted by Gasteiger charge is -2.29. The lowest BCUT2D eigenvalue weighted by atomic mass is 9.96. The van der Waals surface area contributed by atoms with Gasteiger partial charge in [-0.1, -0.05) is 60.7 Å². The molecule has 0 fully saturated rings. The van der Waals surface area contributed by atoms with E-state index in [4.69, 9.17) is 4.74 Å². The van der Waals surface area contributed by atoms with Crippen LogP contribution in [0.15, 0.2) is 60.7 Å². The first-order chi connectivity index (χ1) is 12.8. The molecule has 1 heterocycles. The molecule has 3 rings (SSSR count). The molecule has 0 aromatic heterocycles. The first-order valence-electron chi connectivity index (χ1n) is 9.21. The van der Waals surface area contributed by atoms with Crippen molar-refractivity contribution >= 4 is 17.4 Å². The minimum atomic E-state index is -0.484. The largest absolute Gasteiger partial charge is 0.444 e. The lowest BCUT2D eigenvalue weighted by molar-refractivity contribution is 0.0270. The van der Waals surface area contributed by atoms with Gasteiger partial charge in [0.25, 0.3) is 0 Å². The average Bonchev–Trinajstić information content (AvgIpc) is 2.67. The Hall–Kier alpha value is -2.88. The molecule has 1 amide bonds. The van der Waals surface area contributed by atoms with Crippen LogP contribution >= 0.6 is 0 Å². The first-order valence-corrected chi connectivity index (χ1v) is 9.21. The van der Waals surface area contributed by atoms with E-state index in [1.807, 2.05) is 75.4 Å². The smallest absolute Gasteiger partial charge is 0.410 e. The number of carbonyl (C=O) groups is 2. The molecule has 0 unspecified atom stereocenters. The fourth-order valence-electron chi connectivity index (χ4n) is 3.02. The van der Waals surface area contributed by atoms with Crippen molar-refractivity contribution in [3.63, 3.8) is 0 Å². The van der Waals surface area contributed by atoms with E-state index >= 15 is 0 Å². The van der Waals surface area contributed by atoms with Crippen molar-refractivity contribution in [1.29, 1.82) is 0 Å². The minimum Gasteiger partial charge on any atom is -0.444 e. The van der Waals surface area contributed by atoms with E-state index < -0.39 is 5.60 Å². The Morgan fingerprint density at radius 1 is 0.926 bits per heavy atom. The summed E-state index contributed by atoms with van der Waals surface area (Å²) >= 11 is 0. The van der Waals surface area contributed by atoms with Gasteiger partial charge >= 0.3 is 6.09 Å². The summed E-state index contributed by atoms with van der Waals surface area (Å²) in [6, 6.07) is 17.0. The maximum Gasteiger partial charge on any atom is 0.410 e. The molecule has 4 heteroatoms. The molecule has 0 saturated heterocycles. The molecular weight excluding hydrogens is 338 g/mol. The molecule has 140 valence electrons. The van der Waals surface area contributed by atoms with Crippen LogP contribution in [0.4, 0.5) is 4.79 Å². The number of carbonyl (C=O) groups excluding carboxylic acids is 2. The molecule has 0 aliphatic carbocycles. The highest BCUT2D eigenvalue weighted by atomic mass is 16.6. The van der Waals surface area contributed by atoms with Gasteiger partial charge in [0.2, 0.25) is 0 Å². The third-order valence-corrected chi connectivity index (χ3v) is 4.41. The van der Waals surface area contributed by atoms with E-state index in [1.165, 1.54) is 5.57 Å². The number of hydrogen-bond acceptors (Lipinski definition) is 3. The average molecular weight is 363 g/mol. The zero-order valence-electron chi connectivity index (χ0n) is 16.1. The molecule has 0 atom stereocenters. The standard InChI is InChI=1S/C23H25NO3/c1-23(2,3)27-22(26)24-15-13-18(14-16-24)17-9-11-20(12-10-17)21(25)19-7-5-4-6-8-19/h4-13H,14-16H2,1-3H3. The van der Waals surface area contributed by atoms with Crippen LogP contribution in [-0.2, 0) is 4.74 Å². The number of nitrogens with zero attached hydrogens (tertiary/aromatic N) is 1. The SMILES string of the molecule is CC(C)(C)OC(=O)N1CC=C(c2ccc(C(=O)c3ccccc3)cc2)CC1. The summed E-state index contributed by atoms with van der Waals surface area (Å²) in [5.74, 6) is 0.0240. The summed E-state index contributed by atoms with van der Waals surface area (Å²) in [5.41, 5.74) is 3.16. The third kappa shape index (κ3) is 4.85. The van der Waals surface area contributed by atoms with Crippen molar-refractivity contribution < 1.29 is 14.3 Å². The molecular formula is C23H25NO3. The lowest BCUT2D eigenvalue weighted by Crippen LogP contribution is -2.39. The molecule has 1 aliphatic rings. The van der Waals surface area contributed by atoms with E-state index in [2.05, 4.69) is 6.08 Å². The summed E-state index contributed by atoms with van der Waals surface area (Å²) < 4.78 is 5.42. The second-order valence-electron chi connectivity index (χ2n) is 7.68. The Morgan fingerprint density at radius 2 is 1.56 bits per heavy atom. The summed E-state index contributed by atoms with van der Waals surface area (Å²) in [4.78, 5) is 26.4. The molecule has 27 heavy (non-hydrogen) atoms. The molecule has 0 spiro atoms. The van der Waals surface area contributed by atoms with Gasteiger partial charge in [0, 0.05) is 24.2 Å². The Bertz CT molecular complexity index is 845.